The van der Waals surface area contributed by atoms with Gasteiger partial charge in [0.15, 0.2) is 12.6 Å². The molecule has 1 saturated heterocycles. The minimum Gasteiger partial charge on any atom is -0.346 e. The zero-order valence-corrected chi connectivity index (χ0v) is 12.7. The highest BCUT2D eigenvalue weighted by molar-refractivity contribution is 6.11. The molecule has 1 aliphatic rings. The second kappa shape index (κ2) is 7.51. The van der Waals surface area contributed by atoms with Gasteiger partial charge in [0.25, 0.3) is 0 Å². The minimum atomic E-state index is -0.514. The summed E-state index contributed by atoms with van der Waals surface area (Å²) in [6.45, 7) is 9.09. The molecule has 0 aromatic heterocycles. The van der Waals surface area contributed by atoms with Crippen molar-refractivity contribution in [3.05, 3.63) is 0 Å². The molecule has 4 unspecified atom stereocenters. The van der Waals surface area contributed by atoms with Crippen LogP contribution in [0.5, 0.6) is 0 Å². The van der Waals surface area contributed by atoms with E-state index in [0.29, 0.717) is 12.6 Å². The Kier molecular flexibility index (Phi) is 6.68. The Morgan fingerprint density at radius 2 is 2.06 bits per heavy atom. The Morgan fingerprint density at radius 3 is 2.56 bits per heavy atom. The number of ether oxygens (including phenoxy) is 3. The molecule has 3 nitrogen and oxygen atoms in total. The van der Waals surface area contributed by atoms with E-state index >= 15 is 0 Å². The summed E-state index contributed by atoms with van der Waals surface area (Å²) in [5.41, 5.74) is 0. The third-order valence-corrected chi connectivity index (χ3v) is 3.77. The van der Waals surface area contributed by atoms with E-state index in [1.807, 2.05) is 0 Å². The van der Waals surface area contributed by atoms with Crippen LogP contribution < -0.4 is 0 Å². The summed E-state index contributed by atoms with van der Waals surface area (Å²) in [5, 5.41) is 0. The first kappa shape index (κ1) is 16.0. The zero-order valence-electron chi connectivity index (χ0n) is 12.7. The van der Waals surface area contributed by atoms with E-state index in [1.165, 1.54) is 0 Å². The van der Waals surface area contributed by atoms with Crippen LogP contribution in [0.3, 0.4) is 0 Å². The second-order valence-corrected chi connectivity index (χ2v) is 5.56. The lowest BCUT2D eigenvalue weighted by Crippen LogP contribution is -2.45. The Hall–Kier alpha value is -0.0551. The molecule has 1 heterocycles. The molecule has 4 atom stereocenters. The molecule has 0 spiro atoms. The highest BCUT2D eigenvalue weighted by Gasteiger charge is 2.46. The normalized spacial score (nSPS) is 31.4. The lowest BCUT2D eigenvalue weighted by atomic mass is 9.82. The first-order chi connectivity index (χ1) is 8.59. The van der Waals surface area contributed by atoms with Gasteiger partial charge in [-0.15, -0.1) is 0 Å². The molecule has 1 rings (SSSR count). The summed E-state index contributed by atoms with van der Waals surface area (Å²) in [6, 6.07) is 0. The summed E-state index contributed by atoms with van der Waals surface area (Å²) in [7, 11) is 2.22. The van der Waals surface area contributed by atoms with Crippen molar-refractivity contribution in [1.82, 2.24) is 0 Å². The van der Waals surface area contributed by atoms with Gasteiger partial charge >= 0.3 is 0 Å². The van der Waals surface area contributed by atoms with E-state index in [4.69, 9.17) is 14.2 Å². The summed E-state index contributed by atoms with van der Waals surface area (Å²) in [4.78, 5) is 0. The van der Waals surface area contributed by atoms with Crippen LogP contribution >= 0.6 is 0 Å². The quantitative estimate of drug-likeness (QED) is 0.625. The largest absolute Gasteiger partial charge is 0.346 e. The molecule has 0 N–H and O–H groups in total. The summed E-state index contributed by atoms with van der Waals surface area (Å²) in [5.74, 6) is -0.0000217. The fraction of sp³-hybridized carbons (Fsp3) is 1.00. The van der Waals surface area contributed by atoms with Gasteiger partial charge in [-0.25, -0.2) is 0 Å². The van der Waals surface area contributed by atoms with Gasteiger partial charge < -0.3 is 14.2 Å². The zero-order chi connectivity index (χ0) is 13.6. The number of hydrogen-bond acceptors (Lipinski definition) is 3. The fourth-order valence-electron chi connectivity index (χ4n) is 2.59. The van der Waals surface area contributed by atoms with Gasteiger partial charge in [-0.1, -0.05) is 40.5 Å². The molecule has 0 bridgehead atoms. The Balaban J connectivity index is 2.73. The molecule has 4 heteroatoms. The van der Waals surface area contributed by atoms with Gasteiger partial charge in [-0.2, -0.15) is 0 Å². The van der Waals surface area contributed by atoms with Gasteiger partial charge in [-0.3, -0.25) is 0 Å². The maximum absolute atomic E-state index is 6.37. The molecular weight excluding hydrogens is 227 g/mol. The van der Waals surface area contributed by atoms with Crippen molar-refractivity contribution >= 4 is 7.85 Å². The Morgan fingerprint density at radius 1 is 1.33 bits per heavy atom. The van der Waals surface area contributed by atoms with E-state index < -0.39 is 5.79 Å². The predicted octanol–water partition coefficient (Wildman–Crippen LogP) is 2.89. The molecule has 0 amide bonds. The topological polar surface area (TPSA) is 27.7 Å². The van der Waals surface area contributed by atoms with Crippen molar-refractivity contribution in [1.29, 1.82) is 0 Å². The molecule has 0 saturated carbocycles. The van der Waals surface area contributed by atoms with E-state index in [9.17, 15) is 0 Å². The second-order valence-electron chi connectivity index (χ2n) is 5.56. The molecule has 0 aromatic carbocycles. The first-order valence-corrected chi connectivity index (χ1v) is 7.53. The monoisotopic (exact) mass is 256 g/mol. The molecule has 18 heavy (non-hydrogen) atoms. The smallest absolute Gasteiger partial charge is 0.197 e. The summed E-state index contributed by atoms with van der Waals surface area (Å²) >= 11 is 0. The summed E-state index contributed by atoms with van der Waals surface area (Å²) < 4.78 is 17.9. The first-order valence-electron chi connectivity index (χ1n) is 7.53. The minimum absolute atomic E-state index is 0.0885. The Labute approximate surface area is 113 Å². The molecule has 1 aliphatic heterocycles. The van der Waals surface area contributed by atoms with Gasteiger partial charge in [0.05, 0.1) is 6.10 Å². The highest BCUT2D eigenvalue weighted by atomic mass is 16.8. The molecule has 1 fully saturated rings. The maximum Gasteiger partial charge on any atom is 0.197 e. The van der Waals surface area contributed by atoms with Crippen LogP contribution in [0.2, 0.25) is 5.82 Å². The average Bonchev–Trinajstić information content (AvgIpc) is 2.73. The number of rotatable bonds is 8. The van der Waals surface area contributed by atoms with Crippen molar-refractivity contribution in [3.63, 3.8) is 0 Å². The highest BCUT2D eigenvalue weighted by Crippen LogP contribution is 2.36. The average molecular weight is 256 g/mol. The molecular formula is C14H29BO3. The Bertz CT molecular complexity index is 235. The van der Waals surface area contributed by atoms with E-state index in [-0.39, 0.29) is 12.2 Å². The van der Waals surface area contributed by atoms with E-state index in [0.717, 1.165) is 32.1 Å². The SMILES string of the molecule is BC(C)C(CCC)OC1(CC)OCOC1CCC. The van der Waals surface area contributed by atoms with Gasteiger partial charge in [0.1, 0.15) is 14.0 Å². The van der Waals surface area contributed by atoms with Crippen LogP contribution in [0.4, 0.5) is 0 Å². The van der Waals surface area contributed by atoms with Crippen LogP contribution in [-0.2, 0) is 14.2 Å². The van der Waals surface area contributed by atoms with Crippen LogP contribution in [0.25, 0.3) is 0 Å². The van der Waals surface area contributed by atoms with Crippen LogP contribution in [0.15, 0.2) is 0 Å². The maximum atomic E-state index is 6.37. The third-order valence-electron chi connectivity index (χ3n) is 3.77. The lowest BCUT2D eigenvalue weighted by Gasteiger charge is -2.36. The standard InChI is InChI=1S/C14H29BO3/c1-5-8-12(11(4)15)18-14(7-3)13(9-6-2)16-10-17-14/h11-13H,5-10,15H2,1-4H3. The van der Waals surface area contributed by atoms with Gasteiger partial charge in [-0.05, 0) is 18.7 Å². The van der Waals surface area contributed by atoms with Crippen LogP contribution in [-0.4, -0.2) is 32.6 Å². The third kappa shape index (κ3) is 3.72. The van der Waals surface area contributed by atoms with Crippen molar-refractivity contribution in [2.24, 2.45) is 0 Å². The molecule has 0 aliphatic carbocycles. The van der Waals surface area contributed by atoms with E-state index in [2.05, 4.69) is 35.5 Å². The van der Waals surface area contributed by atoms with Crippen LogP contribution in [0, 0.1) is 0 Å². The van der Waals surface area contributed by atoms with Gasteiger partial charge in [0.2, 0.25) is 0 Å². The van der Waals surface area contributed by atoms with Crippen molar-refractivity contribution in [3.8, 4) is 0 Å². The van der Waals surface area contributed by atoms with E-state index in [1.54, 1.807) is 0 Å². The van der Waals surface area contributed by atoms with Crippen molar-refractivity contribution < 1.29 is 14.2 Å². The number of hydrogen-bond donors (Lipinski definition) is 0. The van der Waals surface area contributed by atoms with Crippen LogP contribution in [0.1, 0.15) is 59.8 Å². The fourth-order valence-corrected chi connectivity index (χ4v) is 2.59. The molecule has 0 aromatic rings. The molecule has 0 radical (unpaired) electrons. The van der Waals surface area contributed by atoms with Crippen molar-refractivity contribution in [2.45, 2.75) is 83.6 Å². The lowest BCUT2D eigenvalue weighted by molar-refractivity contribution is -0.246. The van der Waals surface area contributed by atoms with Crippen molar-refractivity contribution in [2.75, 3.05) is 6.79 Å². The summed E-state index contributed by atoms with van der Waals surface area (Å²) in [6.07, 6.45) is 5.53. The molecule has 106 valence electrons. The predicted molar refractivity (Wildman–Crippen MR) is 76.5 cm³/mol. The van der Waals surface area contributed by atoms with Gasteiger partial charge in [0, 0.05) is 6.42 Å².